The van der Waals surface area contributed by atoms with E-state index < -0.39 is 5.97 Å². The zero-order valence-electron chi connectivity index (χ0n) is 26.8. The van der Waals surface area contributed by atoms with Gasteiger partial charge in [0.05, 0.1) is 36.0 Å². The second-order valence-corrected chi connectivity index (χ2v) is 11.6. The van der Waals surface area contributed by atoms with Gasteiger partial charge in [0.25, 0.3) is 0 Å². The number of carbonyl (C=O) groups excluding carboxylic acids is 2. The van der Waals surface area contributed by atoms with Crippen LogP contribution in [0.2, 0.25) is 0 Å². The number of amides is 1. The van der Waals surface area contributed by atoms with Gasteiger partial charge < -0.3 is 34.5 Å². The number of hydrogen-bond acceptors (Lipinski definition) is 9. The number of methoxy groups -OCH3 is 1. The Bertz CT molecular complexity index is 1730. The number of nitrogens with zero attached hydrogens (tertiary/aromatic N) is 5. The van der Waals surface area contributed by atoms with Crippen LogP contribution >= 0.6 is 0 Å². The SMILES string of the molecule is C=CC(=O)Nc1cc(Nc2ncc(C(=O)OC(C)C)c(-c3cn(C)c4ccccc34)n2)c(OC)cc1N(C)C[C@@H]1CCCN1C. The highest BCUT2D eigenvalue weighted by molar-refractivity contribution is 6.04. The Labute approximate surface area is 263 Å². The lowest BCUT2D eigenvalue weighted by Crippen LogP contribution is -2.37. The molecule has 1 aliphatic rings. The van der Waals surface area contributed by atoms with Gasteiger partial charge in [-0.1, -0.05) is 24.8 Å². The molecule has 11 nitrogen and oxygen atoms in total. The summed E-state index contributed by atoms with van der Waals surface area (Å²) in [7, 11) is 7.68. The van der Waals surface area contributed by atoms with E-state index in [-0.39, 0.29) is 23.5 Å². The Morgan fingerprint density at radius 3 is 2.67 bits per heavy atom. The second kappa shape index (κ2) is 13.4. The Kier molecular flexibility index (Phi) is 9.38. The number of carbonyl (C=O) groups is 2. The number of likely N-dealkylation sites (tertiary alicyclic amines) is 1. The standard InChI is InChI=1S/C34H41N7O4/c1-8-31(42)36-26-16-27(30(44-7)17-29(26)40(5)19-22-12-11-15-39(22)4)37-34-35-18-24(33(43)45-21(2)3)32(38-34)25-20-41(6)28-14-10-9-13-23(25)28/h8-10,13-14,16-18,20-22H,1,11-12,15,19H2,2-7H3,(H,36,42)(H,35,37,38)/t22-/m0/s1. The molecule has 45 heavy (non-hydrogen) atoms. The average molecular weight is 612 g/mol. The third-order valence-corrected chi connectivity index (χ3v) is 8.08. The van der Waals surface area contributed by atoms with Gasteiger partial charge in [0.15, 0.2) is 0 Å². The highest BCUT2D eigenvalue weighted by Gasteiger charge is 2.25. The van der Waals surface area contributed by atoms with Crippen molar-refractivity contribution in [2.45, 2.75) is 38.8 Å². The monoisotopic (exact) mass is 611 g/mol. The first kappa shape index (κ1) is 31.5. The second-order valence-electron chi connectivity index (χ2n) is 11.6. The third-order valence-electron chi connectivity index (χ3n) is 8.08. The molecular weight excluding hydrogens is 570 g/mol. The first-order valence-corrected chi connectivity index (χ1v) is 15.1. The quantitative estimate of drug-likeness (QED) is 0.165. The summed E-state index contributed by atoms with van der Waals surface area (Å²) in [5.41, 5.74) is 4.38. The summed E-state index contributed by atoms with van der Waals surface area (Å²) < 4.78 is 13.3. The van der Waals surface area contributed by atoms with Crippen LogP contribution in [0.15, 0.2) is 61.4 Å². The fourth-order valence-corrected chi connectivity index (χ4v) is 5.78. The minimum absolute atomic E-state index is 0.243. The summed E-state index contributed by atoms with van der Waals surface area (Å²) in [5.74, 6) is -0.0631. The number of esters is 1. The Balaban J connectivity index is 1.57. The molecule has 0 saturated carbocycles. The molecule has 2 aromatic heterocycles. The number of rotatable bonds is 11. The third kappa shape index (κ3) is 6.78. The summed E-state index contributed by atoms with van der Waals surface area (Å²) in [6.07, 6.45) is 6.62. The van der Waals surface area contributed by atoms with E-state index in [0.29, 0.717) is 28.9 Å². The Morgan fingerprint density at radius 2 is 1.98 bits per heavy atom. The van der Waals surface area contributed by atoms with Crippen molar-refractivity contribution in [3.05, 3.63) is 67.0 Å². The van der Waals surface area contributed by atoms with E-state index in [0.717, 1.165) is 48.1 Å². The predicted octanol–water partition coefficient (Wildman–Crippen LogP) is 5.61. The molecule has 1 amide bonds. The van der Waals surface area contributed by atoms with Crippen molar-refractivity contribution in [1.29, 1.82) is 0 Å². The van der Waals surface area contributed by atoms with E-state index in [4.69, 9.17) is 14.5 Å². The van der Waals surface area contributed by atoms with Crippen LogP contribution in [0, 0.1) is 0 Å². The van der Waals surface area contributed by atoms with Crippen LogP contribution in [0.3, 0.4) is 0 Å². The molecule has 1 fully saturated rings. The van der Waals surface area contributed by atoms with E-state index in [9.17, 15) is 9.59 Å². The van der Waals surface area contributed by atoms with Crippen molar-refractivity contribution in [3.8, 4) is 17.0 Å². The number of ether oxygens (including phenoxy) is 2. The fourth-order valence-electron chi connectivity index (χ4n) is 5.78. The molecule has 1 aliphatic heterocycles. The normalized spacial score (nSPS) is 14.9. The number of aryl methyl sites for hydroxylation is 1. The van der Waals surface area contributed by atoms with Crippen LogP contribution in [-0.4, -0.2) is 77.8 Å². The largest absolute Gasteiger partial charge is 0.494 e. The summed E-state index contributed by atoms with van der Waals surface area (Å²) in [4.78, 5) is 39.5. The van der Waals surface area contributed by atoms with Crippen LogP contribution < -0.4 is 20.3 Å². The number of benzene rings is 2. The summed E-state index contributed by atoms with van der Waals surface area (Å²) >= 11 is 0. The van der Waals surface area contributed by atoms with E-state index in [2.05, 4.69) is 39.0 Å². The van der Waals surface area contributed by atoms with Crippen molar-refractivity contribution in [2.75, 3.05) is 49.8 Å². The number of fused-ring (bicyclic) bond motifs is 1. The van der Waals surface area contributed by atoms with Gasteiger partial charge in [-0.2, -0.15) is 0 Å². The molecule has 1 atom stereocenters. The molecule has 0 spiro atoms. The summed E-state index contributed by atoms with van der Waals surface area (Å²) in [6.45, 7) is 9.07. The first-order valence-electron chi connectivity index (χ1n) is 15.1. The van der Waals surface area contributed by atoms with Crippen LogP contribution in [0.5, 0.6) is 5.75 Å². The van der Waals surface area contributed by atoms with Crippen molar-refractivity contribution in [2.24, 2.45) is 7.05 Å². The van der Waals surface area contributed by atoms with E-state index in [1.54, 1.807) is 27.0 Å². The number of likely N-dealkylation sites (N-methyl/N-ethyl adjacent to an activating group) is 2. The average Bonchev–Trinajstić information content (AvgIpc) is 3.58. The molecule has 0 aliphatic carbocycles. The minimum Gasteiger partial charge on any atom is -0.494 e. The van der Waals surface area contributed by atoms with E-state index >= 15 is 0 Å². The molecule has 2 aromatic carbocycles. The molecule has 2 N–H and O–H groups in total. The lowest BCUT2D eigenvalue weighted by molar-refractivity contribution is -0.111. The highest BCUT2D eigenvalue weighted by atomic mass is 16.5. The van der Waals surface area contributed by atoms with E-state index in [1.165, 1.54) is 12.3 Å². The molecule has 4 aromatic rings. The van der Waals surface area contributed by atoms with Gasteiger partial charge in [-0.05, 0) is 58.5 Å². The van der Waals surface area contributed by atoms with Gasteiger partial charge in [-0.25, -0.2) is 14.8 Å². The fraction of sp³-hybridized carbons (Fsp3) is 0.353. The summed E-state index contributed by atoms with van der Waals surface area (Å²) in [6, 6.07) is 12.0. The molecule has 0 unspecified atom stereocenters. The van der Waals surface area contributed by atoms with Crippen molar-refractivity contribution in [3.63, 3.8) is 0 Å². The van der Waals surface area contributed by atoms with Gasteiger partial charge in [0.1, 0.15) is 11.3 Å². The minimum atomic E-state index is -0.508. The highest BCUT2D eigenvalue weighted by Crippen LogP contribution is 2.39. The van der Waals surface area contributed by atoms with Crippen LogP contribution in [0.1, 0.15) is 37.0 Å². The molecule has 3 heterocycles. The zero-order chi connectivity index (χ0) is 32.2. The van der Waals surface area contributed by atoms with Crippen molar-refractivity contribution < 1.29 is 19.1 Å². The topological polar surface area (TPSA) is 114 Å². The van der Waals surface area contributed by atoms with Gasteiger partial charge in [0.2, 0.25) is 11.9 Å². The number of aromatic nitrogens is 3. The maximum absolute atomic E-state index is 13.2. The van der Waals surface area contributed by atoms with Crippen molar-refractivity contribution >= 4 is 45.8 Å². The van der Waals surface area contributed by atoms with Gasteiger partial charge >= 0.3 is 5.97 Å². The Morgan fingerprint density at radius 1 is 1.20 bits per heavy atom. The number of anilines is 4. The smallest absolute Gasteiger partial charge is 0.342 e. The van der Waals surface area contributed by atoms with Crippen LogP contribution in [0.4, 0.5) is 23.0 Å². The zero-order valence-corrected chi connectivity index (χ0v) is 26.8. The molecule has 0 bridgehead atoms. The molecule has 5 rings (SSSR count). The molecule has 236 valence electrons. The number of para-hydroxylation sites is 1. The van der Waals surface area contributed by atoms with Crippen LogP contribution in [0.25, 0.3) is 22.2 Å². The van der Waals surface area contributed by atoms with Crippen molar-refractivity contribution in [1.82, 2.24) is 19.4 Å². The first-order chi connectivity index (χ1) is 21.6. The molecular formula is C34H41N7O4. The predicted molar refractivity (Wildman–Crippen MR) is 179 cm³/mol. The Hall–Kier alpha value is -4.90. The molecule has 11 heteroatoms. The van der Waals surface area contributed by atoms with E-state index in [1.807, 2.05) is 55.2 Å². The van der Waals surface area contributed by atoms with Crippen LogP contribution in [-0.2, 0) is 16.6 Å². The number of nitrogens with one attached hydrogen (secondary N) is 2. The summed E-state index contributed by atoms with van der Waals surface area (Å²) in [5, 5.41) is 7.15. The number of hydrogen-bond donors (Lipinski definition) is 2. The maximum Gasteiger partial charge on any atom is 0.342 e. The lowest BCUT2D eigenvalue weighted by atomic mass is 10.1. The maximum atomic E-state index is 13.2. The lowest BCUT2D eigenvalue weighted by Gasteiger charge is -2.29. The van der Waals surface area contributed by atoms with Gasteiger partial charge in [-0.3, -0.25) is 4.79 Å². The molecule has 0 radical (unpaired) electrons. The van der Waals surface area contributed by atoms with Gasteiger partial charge in [-0.15, -0.1) is 0 Å². The van der Waals surface area contributed by atoms with Gasteiger partial charge in [0, 0.05) is 61.6 Å². The molecule has 1 saturated heterocycles.